The molecule has 0 radical (unpaired) electrons. The van der Waals surface area contributed by atoms with Crippen LogP contribution in [0.3, 0.4) is 0 Å². The largest absolute Gasteiger partial charge is 0.339 e. The minimum absolute atomic E-state index is 0.0211. The van der Waals surface area contributed by atoms with Crippen molar-refractivity contribution < 1.29 is 4.79 Å². The highest BCUT2D eigenvalue weighted by atomic mass is 32.2. The summed E-state index contributed by atoms with van der Waals surface area (Å²) in [5.41, 5.74) is 3.16. The predicted molar refractivity (Wildman–Crippen MR) is 118 cm³/mol. The number of nitrogens with zero attached hydrogens (tertiary/aromatic N) is 3. The number of benzene rings is 2. The summed E-state index contributed by atoms with van der Waals surface area (Å²) in [6.07, 6.45) is 5.61. The summed E-state index contributed by atoms with van der Waals surface area (Å²) in [6, 6.07) is 21.0. The first-order chi connectivity index (χ1) is 14.7. The van der Waals surface area contributed by atoms with Gasteiger partial charge in [-0.2, -0.15) is 10.4 Å². The molecule has 0 aliphatic carbocycles. The van der Waals surface area contributed by atoms with E-state index in [0.717, 1.165) is 32.1 Å². The van der Waals surface area contributed by atoms with Gasteiger partial charge in [-0.15, -0.1) is 0 Å². The number of nitrogens with one attached hydrogen (secondary N) is 2. The Balaban J connectivity index is 1.57. The van der Waals surface area contributed by atoms with Gasteiger partial charge in [0.15, 0.2) is 0 Å². The molecular formula is C23H17N5OS. The number of aromatic nitrogens is 3. The number of fused-ring (bicyclic) bond motifs is 1. The summed E-state index contributed by atoms with van der Waals surface area (Å²) >= 11 is 1.49. The highest BCUT2D eigenvalue weighted by Crippen LogP contribution is 2.32. The van der Waals surface area contributed by atoms with Gasteiger partial charge in [0.25, 0.3) is 5.91 Å². The van der Waals surface area contributed by atoms with E-state index in [2.05, 4.69) is 20.5 Å². The molecule has 4 rings (SSSR count). The van der Waals surface area contributed by atoms with E-state index < -0.39 is 0 Å². The normalized spacial score (nSPS) is 10.9. The third-order valence-electron chi connectivity index (χ3n) is 4.35. The summed E-state index contributed by atoms with van der Waals surface area (Å²) in [7, 11) is 0. The highest BCUT2D eigenvalue weighted by Gasteiger charge is 2.12. The van der Waals surface area contributed by atoms with Crippen molar-refractivity contribution in [1.82, 2.24) is 20.5 Å². The Hall–Kier alpha value is -3.89. The summed E-state index contributed by atoms with van der Waals surface area (Å²) in [6.45, 7) is -0.0211. The quantitative estimate of drug-likeness (QED) is 0.455. The molecule has 0 unspecified atom stereocenters. The van der Waals surface area contributed by atoms with E-state index >= 15 is 0 Å². The molecule has 0 atom stereocenters. The second-order valence-electron chi connectivity index (χ2n) is 6.34. The molecule has 0 saturated heterocycles. The SMILES string of the molecule is N#CCNC(=O)c1ccccc1Sc1ccc2c(/C=C/c3ccccn3)n[nH]c2c1. The lowest BCUT2D eigenvalue weighted by Crippen LogP contribution is -2.23. The van der Waals surface area contributed by atoms with Crippen molar-refractivity contribution in [3.8, 4) is 6.07 Å². The molecule has 2 N–H and O–H groups in total. The van der Waals surface area contributed by atoms with Gasteiger partial charge in [-0.1, -0.05) is 30.0 Å². The number of nitriles is 1. The van der Waals surface area contributed by atoms with Gasteiger partial charge in [0.1, 0.15) is 6.54 Å². The van der Waals surface area contributed by atoms with E-state index in [-0.39, 0.29) is 12.5 Å². The van der Waals surface area contributed by atoms with Crippen LogP contribution in [0.2, 0.25) is 0 Å². The standard InChI is InChI=1S/C23H17N5OS/c24-12-14-26-23(29)19-6-1-2-7-22(19)30-17-9-10-18-20(27-28-21(18)15-17)11-8-16-5-3-4-13-25-16/h1-11,13,15H,14H2,(H,26,29)(H,27,28)/b11-8+. The molecule has 146 valence electrons. The Morgan fingerprint density at radius 1 is 1.13 bits per heavy atom. The summed E-state index contributed by atoms with van der Waals surface area (Å²) in [4.78, 5) is 18.4. The monoisotopic (exact) mass is 411 g/mol. The number of carbonyl (C=O) groups excluding carboxylic acids is 1. The smallest absolute Gasteiger partial charge is 0.253 e. The minimum atomic E-state index is -0.260. The van der Waals surface area contributed by atoms with Gasteiger partial charge in [0.05, 0.1) is 28.5 Å². The van der Waals surface area contributed by atoms with Crippen LogP contribution in [0.1, 0.15) is 21.7 Å². The number of hydrogen-bond acceptors (Lipinski definition) is 5. The van der Waals surface area contributed by atoms with Crippen LogP contribution in [0, 0.1) is 11.3 Å². The molecule has 0 aliphatic heterocycles. The summed E-state index contributed by atoms with van der Waals surface area (Å²) in [5.74, 6) is -0.260. The molecule has 6 nitrogen and oxygen atoms in total. The Kier molecular flexibility index (Phi) is 5.88. The second-order valence-corrected chi connectivity index (χ2v) is 7.46. The molecule has 0 bridgehead atoms. The predicted octanol–water partition coefficient (Wildman–Crippen LogP) is 4.53. The van der Waals surface area contributed by atoms with Crippen molar-refractivity contribution in [2.45, 2.75) is 9.79 Å². The number of rotatable bonds is 6. The first-order valence-electron chi connectivity index (χ1n) is 9.24. The molecule has 4 aromatic rings. The lowest BCUT2D eigenvalue weighted by Gasteiger charge is -2.08. The fraction of sp³-hybridized carbons (Fsp3) is 0.0435. The van der Waals surface area contributed by atoms with Crippen molar-refractivity contribution in [3.05, 3.63) is 83.8 Å². The zero-order valence-corrected chi connectivity index (χ0v) is 16.7. The van der Waals surface area contributed by atoms with Crippen molar-refractivity contribution in [3.63, 3.8) is 0 Å². The molecular weight excluding hydrogens is 394 g/mol. The van der Waals surface area contributed by atoms with Crippen LogP contribution in [-0.4, -0.2) is 27.6 Å². The average molecular weight is 411 g/mol. The molecule has 2 aromatic carbocycles. The maximum Gasteiger partial charge on any atom is 0.253 e. The van der Waals surface area contributed by atoms with Gasteiger partial charge in [-0.3, -0.25) is 14.9 Å². The number of hydrogen-bond donors (Lipinski definition) is 2. The maximum atomic E-state index is 12.3. The topological polar surface area (TPSA) is 94.5 Å². The second kappa shape index (κ2) is 9.07. The molecule has 2 heterocycles. The van der Waals surface area contributed by atoms with Gasteiger partial charge in [0.2, 0.25) is 0 Å². The number of aromatic amines is 1. The lowest BCUT2D eigenvalue weighted by molar-refractivity contribution is 0.0955. The van der Waals surface area contributed by atoms with Gasteiger partial charge >= 0.3 is 0 Å². The van der Waals surface area contributed by atoms with Gasteiger partial charge in [-0.25, -0.2) is 0 Å². The zero-order valence-electron chi connectivity index (χ0n) is 15.9. The highest BCUT2D eigenvalue weighted by molar-refractivity contribution is 7.99. The summed E-state index contributed by atoms with van der Waals surface area (Å²) < 4.78 is 0. The Bertz CT molecular complexity index is 1260. The molecule has 0 aliphatic rings. The van der Waals surface area contributed by atoms with E-state index in [1.807, 2.05) is 72.8 Å². The summed E-state index contributed by atoms with van der Waals surface area (Å²) in [5, 5.41) is 19.7. The van der Waals surface area contributed by atoms with Crippen LogP contribution in [0.25, 0.3) is 23.1 Å². The number of amides is 1. The Morgan fingerprint density at radius 3 is 2.83 bits per heavy atom. The van der Waals surface area contributed by atoms with Crippen molar-refractivity contribution >= 4 is 40.7 Å². The molecule has 1 amide bonds. The van der Waals surface area contributed by atoms with Crippen LogP contribution < -0.4 is 5.32 Å². The minimum Gasteiger partial charge on any atom is -0.339 e. The number of pyridine rings is 1. The molecule has 2 aromatic heterocycles. The fourth-order valence-electron chi connectivity index (χ4n) is 2.93. The first kappa shape index (κ1) is 19.4. The molecule has 0 saturated carbocycles. The van der Waals surface area contributed by atoms with Crippen LogP contribution in [-0.2, 0) is 0 Å². The third-order valence-corrected chi connectivity index (χ3v) is 5.42. The van der Waals surface area contributed by atoms with Crippen molar-refractivity contribution in [2.75, 3.05) is 6.54 Å². The molecule has 0 fully saturated rings. The third kappa shape index (κ3) is 4.40. The fourth-order valence-corrected chi connectivity index (χ4v) is 3.92. The average Bonchev–Trinajstić information content (AvgIpc) is 3.19. The Morgan fingerprint density at radius 2 is 2.00 bits per heavy atom. The van der Waals surface area contributed by atoms with E-state index in [9.17, 15) is 4.79 Å². The van der Waals surface area contributed by atoms with Crippen molar-refractivity contribution in [2.24, 2.45) is 0 Å². The van der Waals surface area contributed by atoms with E-state index in [1.165, 1.54) is 11.8 Å². The van der Waals surface area contributed by atoms with Crippen LogP contribution in [0.4, 0.5) is 0 Å². The van der Waals surface area contributed by atoms with E-state index in [4.69, 9.17) is 5.26 Å². The van der Waals surface area contributed by atoms with Crippen LogP contribution in [0.5, 0.6) is 0 Å². The zero-order chi connectivity index (χ0) is 20.8. The molecule has 0 spiro atoms. The molecule has 7 heteroatoms. The number of carbonyl (C=O) groups is 1. The molecule has 30 heavy (non-hydrogen) atoms. The van der Waals surface area contributed by atoms with E-state index in [0.29, 0.717) is 5.56 Å². The van der Waals surface area contributed by atoms with Crippen LogP contribution >= 0.6 is 11.8 Å². The first-order valence-corrected chi connectivity index (χ1v) is 10.1. The van der Waals surface area contributed by atoms with E-state index in [1.54, 1.807) is 12.3 Å². The number of H-pyrrole nitrogens is 1. The Labute approximate surface area is 177 Å². The maximum absolute atomic E-state index is 12.3. The van der Waals surface area contributed by atoms with Crippen molar-refractivity contribution in [1.29, 1.82) is 5.26 Å². The lowest BCUT2D eigenvalue weighted by atomic mass is 10.2. The van der Waals surface area contributed by atoms with Gasteiger partial charge in [-0.05, 0) is 54.6 Å². The van der Waals surface area contributed by atoms with Gasteiger partial charge in [0, 0.05) is 21.4 Å². The van der Waals surface area contributed by atoms with Gasteiger partial charge < -0.3 is 5.32 Å². The van der Waals surface area contributed by atoms with Crippen LogP contribution in [0.15, 0.2) is 76.7 Å².